The smallest absolute Gasteiger partial charge is 0.261 e. The molecule has 5 atom stereocenters. The van der Waals surface area contributed by atoms with E-state index in [1.54, 1.807) is 11.8 Å². The molecule has 5 aliphatic rings. The van der Waals surface area contributed by atoms with Gasteiger partial charge in [-0.1, -0.05) is 73.1 Å². The minimum Gasteiger partial charge on any atom is -0.338 e. The first kappa shape index (κ1) is 31.3. The number of allylic oxidation sites excluding steroid dienone is 1. The first-order chi connectivity index (χ1) is 21.6. The molecule has 1 aliphatic carbocycles. The maximum absolute atomic E-state index is 14.6. The fourth-order valence-electron chi connectivity index (χ4n) is 8.04. The lowest BCUT2D eigenvalue weighted by molar-refractivity contribution is -0.144. The number of thioether (sulfide) groups is 1. The van der Waals surface area contributed by atoms with Crippen LogP contribution in [0.3, 0.4) is 0 Å². The van der Waals surface area contributed by atoms with E-state index in [0.29, 0.717) is 11.6 Å². The summed E-state index contributed by atoms with van der Waals surface area (Å²) in [6.07, 6.45) is 5.66. The molecule has 1 saturated carbocycles. The Morgan fingerprint density at radius 3 is 2.27 bits per heavy atom. The Morgan fingerprint density at radius 2 is 1.62 bits per heavy atom. The summed E-state index contributed by atoms with van der Waals surface area (Å²) in [5, 5.41) is 6.05. The number of amides is 2. The van der Waals surface area contributed by atoms with Crippen LogP contribution in [0.5, 0.6) is 0 Å². The van der Waals surface area contributed by atoms with E-state index in [1.165, 1.54) is 11.1 Å². The van der Waals surface area contributed by atoms with Crippen molar-refractivity contribution in [1.29, 1.82) is 0 Å². The topological polar surface area (TPSA) is 65.0 Å². The summed E-state index contributed by atoms with van der Waals surface area (Å²) in [7, 11) is 0. The van der Waals surface area contributed by atoms with E-state index >= 15 is 0 Å². The van der Waals surface area contributed by atoms with E-state index in [4.69, 9.17) is 28.2 Å². The molecule has 6 nitrogen and oxygen atoms in total. The SMILES string of the molecule is CC(C)C1=C(C(=O)N2[C@H](C)CC[C@H]2C(=O)N2CCNC3(CC3)C2)SC2=N[C@@H](c3ccc(Cl)cc3)C(c3ccc(Cl)cc3)CCC21. The highest BCUT2D eigenvalue weighted by Crippen LogP contribution is 2.52. The highest BCUT2D eigenvalue weighted by molar-refractivity contribution is 8.18. The third kappa shape index (κ3) is 5.99. The summed E-state index contributed by atoms with van der Waals surface area (Å²) in [6, 6.07) is 15.7. The van der Waals surface area contributed by atoms with Crippen LogP contribution >= 0.6 is 35.0 Å². The van der Waals surface area contributed by atoms with Crippen molar-refractivity contribution in [3.63, 3.8) is 0 Å². The molecule has 7 rings (SSSR count). The average Bonchev–Trinajstić information content (AvgIpc) is 3.55. The van der Waals surface area contributed by atoms with Crippen molar-refractivity contribution in [1.82, 2.24) is 15.1 Å². The van der Waals surface area contributed by atoms with Crippen molar-refractivity contribution < 1.29 is 9.59 Å². The van der Waals surface area contributed by atoms with Crippen LogP contribution in [0, 0.1) is 11.8 Å². The van der Waals surface area contributed by atoms with Gasteiger partial charge in [0, 0.05) is 53.1 Å². The van der Waals surface area contributed by atoms with Crippen LogP contribution in [0.15, 0.2) is 64.0 Å². The summed E-state index contributed by atoms with van der Waals surface area (Å²) in [5.74, 6) is 0.581. The number of aliphatic imine (C=N–C) groups is 1. The molecule has 9 heteroatoms. The minimum atomic E-state index is -0.397. The average molecular weight is 666 g/mol. The molecular weight excluding hydrogens is 623 g/mol. The van der Waals surface area contributed by atoms with Gasteiger partial charge in [-0.05, 0) is 92.3 Å². The zero-order valence-corrected chi connectivity index (χ0v) is 28.6. The molecule has 0 bridgehead atoms. The van der Waals surface area contributed by atoms with Gasteiger partial charge in [0.2, 0.25) is 5.91 Å². The molecule has 4 heterocycles. The third-order valence-electron chi connectivity index (χ3n) is 10.6. The molecule has 4 aliphatic heterocycles. The molecule has 1 N–H and O–H groups in total. The Kier molecular flexibility index (Phi) is 8.60. The number of hydrogen-bond acceptors (Lipinski definition) is 5. The fourth-order valence-corrected chi connectivity index (χ4v) is 9.74. The number of hydrogen-bond donors (Lipinski definition) is 1. The van der Waals surface area contributed by atoms with Gasteiger partial charge in [0.05, 0.1) is 16.0 Å². The summed E-state index contributed by atoms with van der Waals surface area (Å²) in [4.78, 5) is 38.8. The molecule has 238 valence electrons. The summed E-state index contributed by atoms with van der Waals surface area (Å²) in [5.41, 5.74) is 3.62. The van der Waals surface area contributed by atoms with Gasteiger partial charge in [-0.15, -0.1) is 0 Å². The maximum atomic E-state index is 14.6. The van der Waals surface area contributed by atoms with Gasteiger partial charge in [0.1, 0.15) is 6.04 Å². The molecule has 1 spiro atoms. The van der Waals surface area contributed by atoms with Gasteiger partial charge in [0.15, 0.2) is 0 Å². The van der Waals surface area contributed by atoms with Crippen LogP contribution in [0.1, 0.15) is 82.4 Å². The van der Waals surface area contributed by atoms with Gasteiger partial charge in [-0.3, -0.25) is 14.6 Å². The van der Waals surface area contributed by atoms with Crippen LogP contribution in [0.4, 0.5) is 0 Å². The number of fused-ring (bicyclic) bond motifs is 1. The van der Waals surface area contributed by atoms with Crippen LogP contribution < -0.4 is 5.32 Å². The Hall–Kier alpha value is -2.32. The lowest BCUT2D eigenvalue weighted by Gasteiger charge is -2.38. The van der Waals surface area contributed by atoms with E-state index < -0.39 is 6.04 Å². The van der Waals surface area contributed by atoms with E-state index in [1.807, 2.05) is 34.1 Å². The monoisotopic (exact) mass is 664 g/mol. The number of carbonyl (C=O) groups excluding carboxylic acids is 2. The predicted octanol–water partition coefficient (Wildman–Crippen LogP) is 7.63. The highest BCUT2D eigenvalue weighted by atomic mass is 35.5. The first-order valence-electron chi connectivity index (χ1n) is 16.5. The quantitative estimate of drug-likeness (QED) is 0.357. The van der Waals surface area contributed by atoms with Crippen LogP contribution in [0.2, 0.25) is 10.0 Å². The predicted molar refractivity (Wildman–Crippen MR) is 184 cm³/mol. The first-order valence-corrected chi connectivity index (χ1v) is 18.1. The number of rotatable bonds is 5. The molecule has 2 unspecified atom stereocenters. The summed E-state index contributed by atoms with van der Waals surface area (Å²) >= 11 is 14.1. The zero-order chi connectivity index (χ0) is 31.5. The Balaban J connectivity index is 1.20. The Morgan fingerprint density at radius 1 is 0.956 bits per heavy atom. The van der Waals surface area contributed by atoms with Crippen molar-refractivity contribution in [2.75, 3.05) is 19.6 Å². The Labute approximate surface area is 281 Å². The normalized spacial score (nSPS) is 29.2. The second-order valence-electron chi connectivity index (χ2n) is 13.9. The zero-order valence-electron chi connectivity index (χ0n) is 26.3. The largest absolute Gasteiger partial charge is 0.338 e. The third-order valence-corrected chi connectivity index (χ3v) is 12.3. The molecule has 45 heavy (non-hydrogen) atoms. The second-order valence-corrected chi connectivity index (χ2v) is 15.8. The molecule has 2 aromatic rings. The van der Waals surface area contributed by atoms with E-state index in [0.717, 1.165) is 72.1 Å². The van der Waals surface area contributed by atoms with Gasteiger partial charge in [0.25, 0.3) is 5.91 Å². The van der Waals surface area contributed by atoms with Gasteiger partial charge >= 0.3 is 0 Å². The molecule has 0 aromatic heterocycles. The number of piperazine rings is 1. The molecule has 3 fully saturated rings. The molecule has 2 aromatic carbocycles. The molecule has 2 amide bonds. The molecule has 2 saturated heterocycles. The van der Waals surface area contributed by atoms with Gasteiger partial charge < -0.3 is 15.1 Å². The number of nitrogens with one attached hydrogen (secondary N) is 1. The summed E-state index contributed by atoms with van der Waals surface area (Å²) < 4.78 is 0. The standard InChI is InChI=1S/C36H42Cl2N4O2S/c1-21(2)30-28-14-13-27(23-5-9-25(37)10-6-23)31(24-7-11-26(38)12-8-24)40-33(28)45-32(30)35(44)42-22(3)4-15-29(42)34(43)41-19-18-39-36(20-41)16-17-36/h5-12,21-22,27-29,31,39H,4,13-20H2,1-3H3/t22-,27?,28?,29+,31+/m1/s1. The molecular formula is C36H42Cl2N4O2S. The second kappa shape index (κ2) is 12.4. The number of nitrogens with zero attached hydrogens (tertiary/aromatic N) is 3. The van der Waals surface area contributed by atoms with Crippen molar-refractivity contribution >= 4 is 51.8 Å². The van der Waals surface area contributed by atoms with Crippen molar-refractivity contribution in [2.24, 2.45) is 16.8 Å². The lowest BCUT2D eigenvalue weighted by atomic mass is 9.81. The minimum absolute atomic E-state index is 0.0105. The van der Waals surface area contributed by atoms with Crippen molar-refractivity contribution in [2.45, 2.75) is 88.9 Å². The van der Waals surface area contributed by atoms with Crippen LogP contribution in [0.25, 0.3) is 0 Å². The highest BCUT2D eigenvalue weighted by Gasteiger charge is 2.50. The van der Waals surface area contributed by atoms with Gasteiger partial charge in [-0.2, -0.15) is 0 Å². The van der Waals surface area contributed by atoms with E-state index in [2.05, 4.69) is 50.4 Å². The number of benzene rings is 2. The Bertz CT molecular complexity index is 1540. The number of likely N-dealkylation sites (tertiary alicyclic amines) is 1. The number of halogens is 2. The lowest BCUT2D eigenvalue weighted by Crippen LogP contribution is -2.58. The van der Waals surface area contributed by atoms with Crippen molar-refractivity contribution in [3.05, 3.63) is 80.2 Å². The molecule has 0 radical (unpaired) electrons. The van der Waals surface area contributed by atoms with Crippen LogP contribution in [-0.4, -0.2) is 63.9 Å². The van der Waals surface area contributed by atoms with E-state index in [-0.39, 0.29) is 47.2 Å². The maximum Gasteiger partial charge on any atom is 0.261 e. The van der Waals surface area contributed by atoms with Crippen LogP contribution in [-0.2, 0) is 9.59 Å². The van der Waals surface area contributed by atoms with Gasteiger partial charge in [-0.25, -0.2) is 0 Å². The van der Waals surface area contributed by atoms with E-state index in [9.17, 15) is 9.59 Å². The number of carbonyl (C=O) groups is 2. The fraction of sp³-hybridized carbons (Fsp3) is 0.528. The summed E-state index contributed by atoms with van der Waals surface area (Å²) in [6.45, 7) is 8.78. The van der Waals surface area contributed by atoms with Crippen molar-refractivity contribution in [3.8, 4) is 0 Å².